The largest absolute Gasteiger partial charge is 0.490 e. The molecule has 182 valence electrons. The third-order valence-electron chi connectivity index (χ3n) is 6.81. The number of aryl methyl sites for hydroxylation is 1. The van der Waals surface area contributed by atoms with Crippen LogP contribution in [0.3, 0.4) is 0 Å². The van der Waals surface area contributed by atoms with Gasteiger partial charge in [0.25, 0.3) is 0 Å². The predicted octanol–water partition coefficient (Wildman–Crippen LogP) is 6.86. The van der Waals surface area contributed by atoms with Gasteiger partial charge in [-0.3, -0.25) is 9.59 Å². The van der Waals surface area contributed by atoms with Crippen LogP contribution in [0.25, 0.3) is 0 Å². The van der Waals surface area contributed by atoms with Crippen molar-refractivity contribution in [2.75, 3.05) is 6.61 Å². The van der Waals surface area contributed by atoms with Crippen molar-refractivity contribution in [3.63, 3.8) is 0 Å². The van der Waals surface area contributed by atoms with Crippen LogP contribution in [0.2, 0.25) is 0 Å². The molecule has 2 aliphatic carbocycles. The third kappa shape index (κ3) is 4.68. The number of hydrogen-bond donors (Lipinski definition) is 0. The van der Waals surface area contributed by atoms with E-state index in [4.69, 9.17) is 14.2 Å². The summed E-state index contributed by atoms with van der Waals surface area (Å²) >= 11 is 3.69. The van der Waals surface area contributed by atoms with Crippen molar-refractivity contribution in [3.05, 3.63) is 80.2 Å². The molecule has 0 aromatic heterocycles. The van der Waals surface area contributed by atoms with Crippen LogP contribution in [0, 0.1) is 6.92 Å². The number of ketones is 2. The monoisotopic (exact) mass is 536 g/mol. The molecule has 35 heavy (non-hydrogen) atoms. The molecule has 0 atom stereocenters. The fourth-order valence-corrected chi connectivity index (χ4v) is 5.72. The first-order valence-corrected chi connectivity index (χ1v) is 13.1. The van der Waals surface area contributed by atoms with Crippen molar-refractivity contribution in [2.45, 2.75) is 64.9 Å². The molecule has 2 aromatic carbocycles. The van der Waals surface area contributed by atoms with E-state index in [9.17, 15) is 9.59 Å². The van der Waals surface area contributed by atoms with Gasteiger partial charge in [-0.05, 0) is 65.9 Å². The Labute approximate surface area is 214 Å². The van der Waals surface area contributed by atoms with Gasteiger partial charge in [-0.15, -0.1) is 0 Å². The molecule has 6 heteroatoms. The van der Waals surface area contributed by atoms with E-state index >= 15 is 0 Å². The van der Waals surface area contributed by atoms with Gasteiger partial charge in [0.05, 0.1) is 11.1 Å². The van der Waals surface area contributed by atoms with Crippen LogP contribution in [-0.4, -0.2) is 18.2 Å². The van der Waals surface area contributed by atoms with E-state index in [-0.39, 0.29) is 11.6 Å². The van der Waals surface area contributed by atoms with Crippen molar-refractivity contribution < 1.29 is 23.8 Å². The van der Waals surface area contributed by atoms with Gasteiger partial charge in [0.1, 0.15) is 18.1 Å². The normalized spacial score (nSPS) is 18.3. The number of rotatable bonds is 6. The Morgan fingerprint density at radius 3 is 2.14 bits per heavy atom. The second-order valence-electron chi connectivity index (χ2n) is 9.30. The molecule has 0 N–H and O–H groups in total. The van der Waals surface area contributed by atoms with Gasteiger partial charge >= 0.3 is 0 Å². The van der Waals surface area contributed by atoms with Crippen molar-refractivity contribution >= 4 is 27.5 Å². The highest BCUT2D eigenvalue weighted by Crippen LogP contribution is 2.50. The molecule has 0 saturated heterocycles. The summed E-state index contributed by atoms with van der Waals surface area (Å²) in [4.78, 5) is 26.2. The summed E-state index contributed by atoms with van der Waals surface area (Å²) in [7, 11) is 0. The van der Waals surface area contributed by atoms with E-state index in [0.717, 1.165) is 52.8 Å². The summed E-state index contributed by atoms with van der Waals surface area (Å²) < 4.78 is 19.1. The minimum absolute atomic E-state index is 0.0648. The molecule has 3 aliphatic rings. The maximum Gasteiger partial charge on any atom is 0.175 e. The van der Waals surface area contributed by atoms with E-state index < -0.39 is 5.92 Å². The van der Waals surface area contributed by atoms with Crippen molar-refractivity contribution in [1.82, 2.24) is 0 Å². The molecule has 0 unspecified atom stereocenters. The van der Waals surface area contributed by atoms with Crippen molar-refractivity contribution in [2.24, 2.45) is 0 Å². The lowest BCUT2D eigenvalue weighted by atomic mass is 9.73. The number of carbonyl (C=O) groups excluding carboxylic acids is 2. The first kappa shape index (κ1) is 23.9. The fourth-order valence-electron chi connectivity index (χ4n) is 5.15. The highest BCUT2D eigenvalue weighted by molar-refractivity contribution is 9.10. The quantitative estimate of drug-likeness (QED) is 0.403. The minimum Gasteiger partial charge on any atom is -0.490 e. The maximum atomic E-state index is 13.1. The molecule has 0 spiro atoms. The molecule has 1 aliphatic heterocycles. The maximum absolute atomic E-state index is 13.1. The zero-order valence-electron chi connectivity index (χ0n) is 20.1. The van der Waals surface area contributed by atoms with Crippen LogP contribution < -0.4 is 9.47 Å². The molecule has 5 rings (SSSR count). The summed E-state index contributed by atoms with van der Waals surface area (Å²) in [6.07, 6.45) is 3.96. The molecule has 0 saturated carbocycles. The van der Waals surface area contributed by atoms with E-state index in [2.05, 4.69) is 35.0 Å². The van der Waals surface area contributed by atoms with E-state index in [1.165, 1.54) is 5.56 Å². The predicted molar refractivity (Wildman–Crippen MR) is 136 cm³/mol. The molecular weight excluding hydrogens is 508 g/mol. The van der Waals surface area contributed by atoms with Gasteiger partial charge in [-0.2, -0.15) is 0 Å². The summed E-state index contributed by atoms with van der Waals surface area (Å²) in [5.41, 5.74) is 4.36. The van der Waals surface area contributed by atoms with Gasteiger partial charge in [-0.25, -0.2) is 0 Å². The molecule has 0 bridgehead atoms. The SMILES string of the molecule is CCOc1cc(C2C3=C(CCCC3=O)OC3=C2C(=O)CCC3)cc(Br)c1OCc1ccc(C)cc1. The molecule has 0 amide bonds. The average Bonchev–Trinajstić information content (AvgIpc) is 2.84. The first-order valence-electron chi connectivity index (χ1n) is 12.3. The van der Waals surface area contributed by atoms with Crippen LogP contribution in [0.15, 0.2) is 63.5 Å². The molecule has 1 heterocycles. The smallest absolute Gasteiger partial charge is 0.175 e. The topological polar surface area (TPSA) is 61.8 Å². The first-order chi connectivity index (χ1) is 17.0. The van der Waals surface area contributed by atoms with Crippen molar-refractivity contribution in [1.29, 1.82) is 0 Å². The van der Waals surface area contributed by atoms with Crippen LogP contribution in [0.1, 0.15) is 68.1 Å². The lowest BCUT2D eigenvalue weighted by molar-refractivity contribution is -0.117. The Hall–Kier alpha value is -2.86. The standard InChI is InChI=1S/C29H29BrO5/c1-3-33-25-15-19(14-20(30)29(25)34-16-18-12-10-17(2)11-13-18)26-27-21(31)6-4-8-23(27)35-24-9-5-7-22(32)28(24)26/h10-15,26H,3-9,16H2,1-2H3. The molecule has 2 aromatic rings. The van der Waals surface area contributed by atoms with E-state index in [0.29, 0.717) is 48.7 Å². The van der Waals surface area contributed by atoms with Gasteiger partial charge in [0, 0.05) is 42.7 Å². The zero-order chi connectivity index (χ0) is 24.5. The number of hydrogen-bond acceptors (Lipinski definition) is 5. The molecule has 0 fully saturated rings. The Bertz CT molecular complexity index is 1200. The third-order valence-corrected chi connectivity index (χ3v) is 7.40. The van der Waals surface area contributed by atoms with Gasteiger partial charge in [0.15, 0.2) is 23.1 Å². The Morgan fingerprint density at radius 2 is 1.54 bits per heavy atom. The van der Waals surface area contributed by atoms with E-state index in [1.807, 2.05) is 31.2 Å². The van der Waals surface area contributed by atoms with Crippen molar-refractivity contribution in [3.8, 4) is 11.5 Å². The van der Waals surface area contributed by atoms with Gasteiger partial charge in [-0.1, -0.05) is 29.8 Å². The Morgan fingerprint density at radius 1 is 0.914 bits per heavy atom. The summed E-state index contributed by atoms with van der Waals surface area (Å²) in [5, 5.41) is 0. The second-order valence-corrected chi connectivity index (χ2v) is 10.2. The minimum atomic E-state index is -0.434. The van der Waals surface area contributed by atoms with Crippen LogP contribution in [-0.2, 0) is 20.9 Å². The molecule has 0 radical (unpaired) electrons. The highest BCUT2D eigenvalue weighted by atomic mass is 79.9. The van der Waals surface area contributed by atoms with E-state index in [1.54, 1.807) is 0 Å². The lowest BCUT2D eigenvalue weighted by Crippen LogP contribution is -2.30. The Balaban J connectivity index is 1.56. The molecule has 5 nitrogen and oxygen atoms in total. The molecular formula is C29H29BrO5. The fraction of sp³-hybridized carbons (Fsp3) is 0.379. The van der Waals surface area contributed by atoms with Gasteiger partial charge in [0.2, 0.25) is 0 Å². The number of allylic oxidation sites excluding steroid dienone is 4. The zero-order valence-corrected chi connectivity index (χ0v) is 21.7. The number of Topliss-reactive ketones (excluding diaryl/α,β-unsaturated/α-hetero) is 2. The summed E-state index contributed by atoms with van der Waals surface area (Å²) in [6.45, 7) is 4.84. The number of ether oxygens (including phenoxy) is 3. The van der Waals surface area contributed by atoms with Crippen LogP contribution >= 0.6 is 15.9 Å². The summed E-state index contributed by atoms with van der Waals surface area (Å²) in [5.74, 6) is 2.35. The lowest BCUT2D eigenvalue weighted by Gasteiger charge is -2.36. The van der Waals surface area contributed by atoms with Gasteiger partial charge < -0.3 is 14.2 Å². The van der Waals surface area contributed by atoms with Crippen LogP contribution in [0.4, 0.5) is 0 Å². The highest BCUT2D eigenvalue weighted by Gasteiger charge is 2.42. The summed E-state index contributed by atoms with van der Waals surface area (Å²) in [6, 6.07) is 12.1. The number of carbonyl (C=O) groups is 2. The second kappa shape index (κ2) is 10.0. The number of halogens is 1. The average molecular weight is 537 g/mol. The number of benzene rings is 2. The Kier molecular flexibility index (Phi) is 6.83. The van der Waals surface area contributed by atoms with Crippen LogP contribution in [0.5, 0.6) is 11.5 Å².